The van der Waals surface area contributed by atoms with Gasteiger partial charge in [-0.3, -0.25) is 4.79 Å². The molecule has 20 heavy (non-hydrogen) atoms. The van der Waals surface area contributed by atoms with Gasteiger partial charge in [0, 0.05) is 11.3 Å². The third-order valence-electron chi connectivity index (χ3n) is 4.17. The molecule has 3 N–H and O–H groups in total. The van der Waals surface area contributed by atoms with E-state index in [1.807, 2.05) is 42.1 Å². The van der Waals surface area contributed by atoms with Crippen LogP contribution in [0.3, 0.4) is 0 Å². The molecule has 110 valence electrons. The van der Waals surface area contributed by atoms with E-state index in [9.17, 15) is 4.79 Å². The van der Waals surface area contributed by atoms with Gasteiger partial charge in [-0.15, -0.1) is 0 Å². The second-order valence-corrected chi connectivity index (χ2v) is 6.88. The Bertz CT molecular complexity index is 429. The predicted molar refractivity (Wildman–Crippen MR) is 85.8 cm³/mol. The van der Waals surface area contributed by atoms with E-state index in [4.69, 9.17) is 5.73 Å². The van der Waals surface area contributed by atoms with Crippen molar-refractivity contribution in [3.8, 4) is 0 Å². The van der Waals surface area contributed by atoms with Crippen LogP contribution >= 0.6 is 11.8 Å². The van der Waals surface area contributed by atoms with Crippen LogP contribution < -0.4 is 11.1 Å². The summed E-state index contributed by atoms with van der Waals surface area (Å²) in [6.45, 7) is 0.746. The fourth-order valence-corrected chi connectivity index (χ4v) is 3.73. The molecule has 1 aliphatic carbocycles. The third-order valence-corrected chi connectivity index (χ3v) is 5.59. The number of carbonyl (C=O) groups excluding carboxylic acids is 1. The van der Waals surface area contributed by atoms with Crippen molar-refractivity contribution in [3.05, 3.63) is 35.9 Å². The molecule has 1 aromatic carbocycles. The summed E-state index contributed by atoms with van der Waals surface area (Å²) in [6, 6.07) is 9.47. The third kappa shape index (κ3) is 4.00. The van der Waals surface area contributed by atoms with Crippen molar-refractivity contribution < 1.29 is 4.79 Å². The smallest absolute Gasteiger partial charge is 0.237 e. The van der Waals surface area contributed by atoms with Crippen molar-refractivity contribution in [2.24, 2.45) is 5.73 Å². The standard InChI is InChI=1S/C16H24N2OS/c1-20-16(9-5-6-10-16)12-18-15(19)14(17)11-13-7-3-2-4-8-13/h2-4,7-8,14H,5-6,9-12,17H2,1H3,(H,18,19)/t14-/m1/s1. The molecule has 1 amide bonds. The Morgan fingerprint density at radius 1 is 1.35 bits per heavy atom. The van der Waals surface area contributed by atoms with Crippen molar-refractivity contribution >= 4 is 17.7 Å². The molecule has 0 aromatic heterocycles. The van der Waals surface area contributed by atoms with Gasteiger partial charge in [-0.05, 0) is 31.1 Å². The molecule has 1 aliphatic rings. The summed E-state index contributed by atoms with van der Waals surface area (Å²) in [5.41, 5.74) is 7.11. The van der Waals surface area contributed by atoms with Gasteiger partial charge in [-0.2, -0.15) is 11.8 Å². The second kappa shape index (κ2) is 7.14. The van der Waals surface area contributed by atoms with Crippen LogP contribution in [0.1, 0.15) is 31.2 Å². The molecule has 4 heteroatoms. The van der Waals surface area contributed by atoms with Gasteiger partial charge in [0.1, 0.15) is 0 Å². The van der Waals surface area contributed by atoms with Crippen LogP contribution in [0.4, 0.5) is 0 Å². The molecule has 0 saturated heterocycles. The molecule has 3 nitrogen and oxygen atoms in total. The maximum atomic E-state index is 12.1. The van der Waals surface area contributed by atoms with Crippen LogP contribution in [0.15, 0.2) is 30.3 Å². The molecule has 1 atom stereocenters. The first-order valence-electron chi connectivity index (χ1n) is 7.28. The molecule has 0 heterocycles. The molecular weight excluding hydrogens is 268 g/mol. The van der Waals surface area contributed by atoms with Crippen molar-refractivity contribution in [2.45, 2.75) is 42.9 Å². The van der Waals surface area contributed by atoms with Crippen LogP contribution in [-0.4, -0.2) is 29.5 Å². The van der Waals surface area contributed by atoms with E-state index in [2.05, 4.69) is 11.6 Å². The highest BCUT2D eigenvalue weighted by Crippen LogP contribution is 2.39. The minimum atomic E-state index is -0.460. The minimum Gasteiger partial charge on any atom is -0.353 e. The van der Waals surface area contributed by atoms with Crippen LogP contribution in [-0.2, 0) is 11.2 Å². The first-order chi connectivity index (χ1) is 9.65. The molecule has 0 bridgehead atoms. The van der Waals surface area contributed by atoms with E-state index >= 15 is 0 Å². The zero-order chi connectivity index (χ0) is 14.4. The lowest BCUT2D eigenvalue weighted by Gasteiger charge is -2.27. The van der Waals surface area contributed by atoms with Crippen molar-refractivity contribution in [2.75, 3.05) is 12.8 Å². The van der Waals surface area contributed by atoms with E-state index in [0.717, 1.165) is 12.1 Å². The van der Waals surface area contributed by atoms with Crippen LogP contribution in [0.2, 0.25) is 0 Å². The van der Waals surface area contributed by atoms with Crippen molar-refractivity contribution in [1.82, 2.24) is 5.32 Å². The zero-order valence-electron chi connectivity index (χ0n) is 12.1. The van der Waals surface area contributed by atoms with Gasteiger partial charge in [-0.1, -0.05) is 43.2 Å². The number of nitrogens with two attached hydrogens (primary N) is 1. The lowest BCUT2D eigenvalue weighted by Crippen LogP contribution is -2.46. The summed E-state index contributed by atoms with van der Waals surface area (Å²) < 4.78 is 0.238. The van der Waals surface area contributed by atoms with Gasteiger partial charge in [0.2, 0.25) is 5.91 Å². The van der Waals surface area contributed by atoms with Crippen LogP contribution in [0, 0.1) is 0 Å². The number of hydrogen-bond donors (Lipinski definition) is 2. The average Bonchev–Trinajstić information content (AvgIpc) is 2.95. The van der Waals surface area contributed by atoms with E-state index in [-0.39, 0.29) is 10.7 Å². The lowest BCUT2D eigenvalue weighted by molar-refractivity contribution is -0.122. The van der Waals surface area contributed by atoms with Crippen LogP contribution in [0.25, 0.3) is 0 Å². The predicted octanol–water partition coefficient (Wildman–Crippen LogP) is 2.35. The van der Waals surface area contributed by atoms with E-state index < -0.39 is 6.04 Å². The summed E-state index contributed by atoms with van der Waals surface area (Å²) in [6.07, 6.45) is 7.67. The van der Waals surface area contributed by atoms with Crippen molar-refractivity contribution in [3.63, 3.8) is 0 Å². The molecule has 0 unspecified atom stereocenters. The summed E-state index contributed by atoms with van der Waals surface area (Å²) in [5, 5.41) is 3.05. The Morgan fingerprint density at radius 2 is 2.00 bits per heavy atom. The second-order valence-electron chi connectivity index (χ2n) is 5.61. The van der Waals surface area contributed by atoms with Gasteiger partial charge < -0.3 is 11.1 Å². The van der Waals surface area contributed by atoms with Gasteiger partial charge in [-0.25, -0.2) is 0 Å². The highest BCUT2D eigenvalue weighted by atomic mass is 32.2. The van der Waals surface area contributed by atoms with Crippen LogP contribution in [0.5, 0.6) is 0 Å². The molecule has 0 radical (unpaired) electrons. The lowest BCUT2D eigenvalue weighted by atomic mass is 10.0. The molecule has 0 spiro atoms. The maximum absolute atomic E-state index is 12.1. The SMILES string of the molecule is CSC1(CNC(=O)[C@H](N)Cc2ccccc2)CCCC1. The summed E-state index contributed by atoms with van der Waals surface area (Å²) in [7, 11) is 0. The minimum absolute atomic E-state index is 0.0332. The van der Waals surface area contributed by atoms with Gasteiger partial charge in [0.05, 0.1) is 6.04 Å². The summed E-state index contributed by atoms with van der Waals surface area (Å²) in [5.74, 6) is -0.0332. The Hall–Kier alpha value is -1.00. The molecule has 1 aromatic rings. The fraction of sp³-hybridized carbons (Fsp3) is 0.562. The zero-order valence-corrected chi connectivity index (χ0v) is 12.9. The highest BCUT2D eigenvalue weighted by molar-refractivity contribution is 8.00. The van der Waals surface area contributed by atoms with Gasteiger partial charge in [0.25, 0.3) is 0 Å². The Labute approximate surface area is 125 Å². The normalized spacial score (nSPS) is 18.7. The fourth-order valence-electron chi connectivity index (χ4n) is 2.81. The summed E-state index contributed by atoms with van der Waals surface area (Å²) in [4.78, 5) is 12.1. The number of carbonyl (C=O) groups is 1. The number of benzene rings is 1. The first kappa shape index (κ1) is 15.4. The Morgan fingerprint density at radius 3 is 2.60 bits per heavy atom. The molecule has 1 fully saturated rings. The first-order valence-corrected chi connectivity index (χ1v) is 8.50. The number of nitrogens with one attached hydrogen (secondary N) is 1. The topological polar surface area (TPSA) is 55.1 Å². The monoisotopic (exact) mass is 292 g/mol. The summed E-state index contributed by atoms with van der Waals surface area (Å²) >= 11 is 1.88. The Kier molecular flexibility index (Phi) is 5.49. The van der Waals surface area contributed by atoms with Gasteiger partial charge >= 0.3 is 0 Å². The number of rotatable bonds is 6. The average molecular weight is 292 g/mol. The maximum Gasteiger partial charge on any atom is 0.237 e. The molecule has 1 saturated carbocycles. The number of hydrogen-bond acceptors (Lipinski definition) is 3. The molecular formula is C16H24N2OS. The highest BCUT2D eigenvalue weighted by Gasteiger charge is 2.33. The Balaban J connectivity index is 1.82. The van der Waals surface area contributed by atoms with E-state index in [0.29, 0.717) is 6.42 Å². The van der Waals surface area contributed by atoms with Gasteiger partial charge in [0.15, 0.2) is 0 Å². The van der Waals surface area contributed by atoms with Crippen molar-refractivity contribution in [1.29, 1.82) is 0 Å². The van der Waals surface area contributed by atoms with E-state index in [1.165, 1.54) is 25.7 Å². The molecule has 2 rings (SSSR count). The van der Waals surface area contributed by atoms with E-state index in [1.54, 1.807) is 0 Å². The quantitative estimate of drug-likeness (QED) is 0.846. The number of amides is 1. The number of thioether (sulfide) groups is 1. The largest absolute Gasteiger partial charge is 0.353 e. The molecule has 0 aliphatic heterocycles.